The smallest absolute Gasteiger partial charge is 0.337 e. The van der Waals surface area contributed by atoms with E-state index in [9.17, 15) is 14.7 Å². The SMILES string of the molecule is CC(=O)Nc1cc(-c2nn(C)c(=NC3CCCCC3)s2)ccc1C(=O)O. The van der Waals surface area contributed by atoms with Crippen LogP contribution in [0.1, 0.15) is 49.4 Å². The molecule has 1 aromatic carbocycles. The Hall–Kier alpha value is -2.48. The topological polar surface area (TPSA) is 96.6 Å². The highest BCUT2D eigenvalue weighted by Crippen LogP contribution is 2.26. The molecule has 1 saturated carbocycles. The molecule has 0 radical (unpaired) electrons. The molecular weight excluding hydrogens is 352 g/mol. The number of amides is 1. The predicted molar refractivity (Wildman–Crippen MR) is 100 cm³/mol. The molecule has 138 valence electrons. The number of carboxylic acids is 1. The van der Waals surface area contributed by atoms with Gasteiger partial charge >= 0.3 is 5.97 Å². The first-order chi connectivity index (χ1) is 12.4. The van der Waals surface area contributed by atoms with E-state index in [0.717, 1.165) is 28.2 Å². The number of benzene rings is 1. The van der Waals surface area contributed by atoms with Gasteiger partial charge in [0.05, 0.1) is 17.3 Å². The fraction of sp³-hybridized carbons (Fsp3) is 0.444. The van der Waals surface area contributed by atoms with E-state index in [1.54, 1.807) is 16.8 Å². The molecule has 3 rings (SSSR count). The van der Waals surface area contributed by atoms with Gasteiger partial charge < -0.3 is 10.4 Å². The predicted octanol–water partition coefficient (Wildman–Crippen LogP) is 3.04. The Morgan fingerprint density at radius 2 is 2.04 bits per heavy atom. The summed E-state index contributed by atoms with van der Waals surface area (Å²) in [6.07, 6.45) is 5.97. The third kappa shape index (κ3) is 4.19. The van der Waals surface area contributed by atoms with Crippen LogP contribution in [-0.2, 0) is 11.8 Å². The summed E-state index contributed by atoms with van der Waals surface area (Å²) in [6.45, 7) is 1.35. The van der Waals surface area contributed by atoms with E-state index in [0.29, 0.717) is 6.04 Å². The van der Waals surface area contributed by atoms with Gasteiger partial charge in [-0.15, -0.1) is 0 Å². The molecule has 1 amide bonds. The number of carboxylic acid groups (broad SMARTS) is 1. The third-order valence-corrected chi connectivity index (χ3v) is 5.44. The molecule has 1 aromatic heterocycles. The van der Waals surface area contributed by atoms with Gasteiger partial charge in [0.25, 0.3) is 0 Å². The number of aromatic nitrogens is 2. The van der Waals surface area contributed by atoms with Gasteiger partial charge in [-0.3, -0.25) is 9.79 Å². The van der Waals surface area contributed by atoms with Crippen molar-refractivity contribution in [1.82, 2.24) is 9.78 Å². The number of hydrogen-bond acceptors (Lipinski definition) is 5. The summed E-state index contributed by atoms with van der Waals surface area (Å²) in [5.41, 5.74) is 1.08. The second-order valence-corrected chi connectivity index (χ2v) is 7.44. The zero-order chi connectivity index (χ0) is 18.7. The molecule has 2 aromatic rings. The first-order valence-corrected chi connectivity index (χ1v) is 9.49. The van der Waals surface area contributed by atoms with E-state index in [1.165, 1.54) is 43.6 Å². The lowest BCUT2D eigenvalue weighted by Gasteiger charge is -2.16. The minimum atomic E-state index is -1.09. The van der Waals surface area contributed by atoms with Crippen molar-refractivity contribution in [2.75, 3.05) is 5.32 Å². The fourth-order valence-corrected chi connectivity index (χ4v) is 4.06. The first kappa shape index (κ1) is 18.3. The molecule has 0 spiro atoms. The van der Waals surface area contributed by atoms with Crippen molar-refractivity contribution in [3.05, 3.63) is 28.6 Å². The summed E-state index contributed by atoms with van der Waals surface area (Å²) < 4.78 is 1.76. The Morgan fingerprint density at radius 3 is 2.69 bits per heavy atom. The monoisotopic (exact) mass is 374 g/mol. The van der Waals surface area contributed by atoms with Gasteiger partial charge in [-0.2, -0.15) is 5.10 Å². The summed E-state index contributed by atoms with van der Waals surface area (Å²) in [7, 11) is 1.86. The Labute approximate surface area is 155 Å². The fourth-order valence-electron chi connectivity index (χ4n) is 3.10. The number of nitrogens with one attached hydrogen (secondary N) is 1. The molecule has 0 saturated heterocycles. The molecule has 0 atom stereocenters. The number of rotatable bonds is 4. The number of carbonyl (C=O) groups excluding carboxylic acids is 1. The average molecular weight is 374 g/mol. The van der Waals surface area contributed by atoms with Crippen molar-refractivity contribution in [3.63, 3.8) is 0 Å². The van der Waals surface area contributed by atoms with Crippen LogP contribution in [0.25, 0.3) is 10.6 Å². The first-order valence-electron chi connectivity index (χ1n) is 8.67. The van der Waals surface area contributed by atoms with E-state index < -0.39 is 5.97 Å². The van der Waals surface area contributed by atoms with Crippen molar-refractivity contribution in [1.29, 1.82) is 0 Å². The molecule has 8 heteroatoms. The van der Waals surface area contributed by atoms with Crippen LogP contribution in [0.15, 0.2) is 23.2 Å². The lowest BCUT2D eigenvalue weighted by atomic mass is 9.96. The van der Waals surface area contributed by atoms with Crippen LogP contribution in [0.3, 0.4) is 0 Å². The van der Waals surface area contributed by atoms with Gasteiger partial charge in [0.15, 0.2) is 0 Å². The Kier molecular flexibility index (Phi) is 5.51. The van der Waals surface area contributed by atoms with Crippen molar-refractivity contribution in [3.8, 4) is 10.6 Å². The number of aromatic carboxylic acids is 1. The van der Waals surface area contributed by atoms with Crippen LogP contribution in [-0.4, -0.2) is 32.8 Å². The molecule has 1 aliphatic rings. The van der Waals surface area contributed by atoms with E-state index in [4.69, 9.17) is 4.99 Å². The van der Waals surface area contributed by atoms with Crippen LogP contribution in [0.2, 0.25) is 0 Å². The largest absolute Gasteiger partial charge is 0.478 e. The zero-order valence-electron chi connectivity index (χ0n) is 14.9. The van der Waals surface area contributed by atoms with Crippen molar-refractivity contribution < 1.29 is 14.7 Å². The summed E-state index contributed by atoms with van der Waals surface area (Å²) in [5, 5.41) is 17.1. The average Bonchev–Trinajstić information content (AvgIpc) is 2.96. The van der Waals surface area contributed by atoms with E-state index in [1.807, 2.05) is 7.05 Å². The normalized spacial score (nSPS) is 15.8. The van der Waals surface area contributed by atoms with Gasteiger partial charge in [-0.1, -0.05) is 36.7 Å². The molecule has 1 aliphatic carbocycles. The van der Waals surface area contributed by atoms with Crippen LogP contribution in [0, 0.1) is 0 Å². The van der Waals surface area contributed by atoms with Gasteiger partial charge in [0, 0.05) is 19.5 Å². The Morgan fingerprint density at radius 1 is 1.31 bits per heavy atom. The van der Waals surface area contributed by atoms with E-state index in [2.05, 4.69) is 10.4 Å². The zero-order valence-corrected chi connectivity index (χ0v) is 15.7. The van der Waals surface area contributed by atoms with Crippen LogP contribution >= 0.6 is 11.3 Å². The van der Waals surface area contributed by atoms with Gasteiger partial charge in [-0.25, -0.2) is 9.48 Å². The highest BCUT2D eigenvalue weighted by molar-refractivity contribution is 7.12. The summed E-state index contributed by atoms with van der Waals surface area (Å²) in [6, 6.07) is 5.20. The Balaban J connectivity index is 1.96. The molecule has 1 fully saturated rings. The highest BCUT2D eigenvalue weighted by atomic mass is 32.1. The molecule has 2 N–H and O–H groups in total. The molecular formula is C18H22N4O3S. The van der Waals surface area contributed by atoms with E-state index in [-0.39, 0.29) is 17.2 Å². The lowest BCUT2D eigenvalue weighted by molar-refractivity contribution is -0.114. The number of aryl methyl sites for hydroxylation is 1. The second kappa shape index (κ2) is 7.82. The minimum absolute atomic E-state index is 0.0528. The maximum Gasteiger partial charge on any atom is 0.337 e. The minimum Gasteiger partial charge on any atom is -0.478 e. The Bertz CT molecular complexity index is 894. The number of anilines is 1. The van der Waals surface area contributed by atoms with Gasteiger partial charge in [0.2, 0.25) is 10.7 Å². The standard InChI is InChI=1S/C18H22N4O3S/c1-11(23)19-15-10-12(8-9-14(15)17(24)25)16-21-22(2)18(26-16)20-13-6-4-3-5-7-13/h8-10,13H,3-7H2,1-2H3,(H,19,23)(H,24,25). The highest BCUT2D eigenvalue weighted by Gasteiger charge is 2.16. The lowest BCUT2D eigenvalue weighted by Crippen LogP contribution is -2.18. The van der Waals surface area contributed by atoms with Crippen LogP contribution in [0.5, 0.6) is 0 Å². The number of nitrogens with zero attached hydrogens (tertiary/aromatic N) is 3. The van der Waals surface area contributed by atoms with Crippen molar-refractivity contribution in [2.24, 2.45) is 12.0 Å². The molecule has 26 heavy (non-hydrogen) atoms. The summed E-state index contributed by atoms with van der Waals surface area (Å²) >= 11 is 1.47. The molecule has 0 aliphatic heterocycles. The second-order valence-electron chi connectivity index (χ2n) is 6.48. The number of carbonyl (C=O) groups is 2. The quantitative estimate of drug-likeness (QED) is 0.860. The number of hydrogen-bond donors (Lipinski definition) is 2. The van der Waals surface area contributed by atoms with Crippen LogP contribution in [0.4, 0.5) is 5.69 Å². The summed E-state index contributed by atoms with van der Waals surface area (Å²) in [4.78, 5) is 28.4. The molecule has 0 unspecified atom stereocenters. The van der Waals surface area contributed by atoms with E-state index >= 15 is 0 Å². The maximum atomic E-state index is 11.4. The molecule has 7 nitrogen and oxygen atoms in total. The third-order valence-electron chi connectivity index (χ3n) is 4.38. The summed E-state index contributed by atoms with van der Waals surface area (Å²) in [5.74, 6) is -1.40. The maximum absolute atomic E-state index is 11.4. The van der Waals surface area contributed by atoms with Crippen LogP contribution < -0.4 is 10.1 Å². The molecule has 1 heterocycles. The molecule has 0 bridgehead atoms. The van der Waals surface area contributed by atoms with Crippen molar-refractivity contribution in [2.45, 2.75) is 45.1 Å². The van der Waals surface area contributed by atoms with Crippen molar-refractivity contribution >= 4 is 28.9 Å². The van der Waals surface area contributed by atoms with Gasteiger partial charge in [0.1, 0.15) is 5.01 Å². The van der Waals surface area contributed by atoms with Gasteiger partial charge in [-0.05, 0) is 25.0 Å².